The number of rotatable bonds is 8. The number of fused-ring (bicyclic) bond motifs is 1. The number of benzene rings is 1. The van der Waals surface area contributed by atoms with Crippen molar-refractivity contribution in [3.05, 3.63) is 53.2 Å². The van der Waals surface area contributed by atoms with E-state index in [1.807, 2.05) is 0 Å². The maximum atomic E-state index is 13.6. The van der Waals surface area contributed by atoms with E-state index < -0.39 is 5.82 Å². The molecular weight excluding hydrogens is 409 g/mol. The van der Waals surface area contributed by atoms with E-state index in [1.54, 1.807) is 13.2 Å². The summed E-state index contributed by atoms with van der Waals surface area (Å²) in [6.07, 6.45) is 7.01. The number of H-pyrrole nitrogens is 1. The topological polar surface area (TPSA) is 119 Å². The number of halogens is 1. The molecule has 2 aromatic heterocycles. The molecule has 166 valence electrons. The largest absolute Gasteiger partial charge is 0.387 e. The van der Waals surface area contributed by atoms with E-state index in [4.69, 9.17) is 5.41 Å². The van der Waals surface area contributed by atoms with Gasteiger partial charge in [0.15, 0.2) is 5.65 Å². The van der Waals surface area contributed by atoms with Crippen LogP contribution in [0.2, 0.25) is 0 Å². The lowest BCUT2D eigenvalue weighted by molar-refractivity contribution is 0.0938. The van der Waals surface area contributed by atoms with Crippen molar-refractivity contribution in [1.82, 2.24) is 20.3 Å². The fourth-order valence-electron chi connectivity index (χ4n) is 4.27. The number of hydrogen-bond donors (Lipinski definition) is 4. The van der Waals surface area contributed by atoms with E-state index in [-0.39, 0.29) is 17.7 Å². The number of anilines is 1. The van der Waals surface area contributed by atoms with Crippen LogP contribution in [0.4, 0.5) is 10.1 Å². The first-order valence-electron chi connectivity index (χ1n) is 10.6. The molecule has 1 aliphatic carbocycles. The van der Waals surface area contributed by atoms with Crippen LogP contribution in [-0.2, 0) is 0 Å². The molecule has 2 heterocycles. The Balaban J connectivity index is 1.55. The lowest BCUT2D eigenvalue weighted by atomic mass is 10.0. The van der Waals surface area contributed by atoms with Gasteiger partial charge in [0.05, 0.1) is 17.5 Å². The van der Waals surface area contributed by atoms with Gasteiger partial charge in [0, 0.05) is 37.1 Å². The van der Waals surface area contributed by atoms with Crippen LogP contribution >= 0.6 is 0 Å². The SMILES string of the molecule is C=NCCC1CCC(NC(=O)c2c[nH]c3ncc(C(=N)c4ccc(F)cc4NC)nc23)C1. The summed E-state index contributed by atoms with van der Waals surface area (Å²) in [5.74, 6) is -0.0518. The molecule has 9 heteroatoms. The lowest BCUT2D eigenvalue weighted by Gasteiger charge is -2.13. The van der Waals surface area contributed by atoms with Crippen LogP contribution in [-0.4, -0.2) is 52.9 Å². The number of carbonyl (C=O) groups excluding carboxylic acids is 1. The van der Waals surface area contributed by atoms with Gasteiger partial charge >= 0.3 is 0 Å². The molecule has 0 aliphatic heterocycles. The highest BCUT2D eigenvalue weighted by Gasteiger charge is 2.27. The normalized spacial score (nSPS) is 17.9. The molecular formula is C23H26FN7O. The molecule has 1 aromatic carbocycles. The third-order valence-electron chi connectivity index (χ3n) is 5.97. The molecule has 8 nitrogen and oxygen atoms in total. The summed E-state index contributed by atoms with van der Waals surface area (Å²) in [6.45, 7) is 4.28. The van der Waals surface area contributed by atoms with Gasteiger partial charge in [-0.3, -0.25) is 10.2 Å². The molecule has 1 saturated carbocycles. The lowest BCUT2D eigenvalue weighted by Crippen LogP contribution is -2.33. The third kappa shape index (κ3) is 4.37. The number of hydrogen-bond acceptors (Lipinski definition) is 6. The molecule has 3 aromatic rings. The van der Waals surface area contributed by atoms with Gasteiger partial charge in [-0.15, -0.1) is 0 Å². The molecule has 4 N–H and O–H groups in total. The van der Waals surface area contributed by atoms with Gasteiger partial charge in [-0.05, 0) is 56.5 Å². The van der Waals surface area contributed by atoms with Crippen LogP contribution < -0.4 is 10.6 Å². The van der Waals surface area contributed by atoms with Crippen molar-refractivity contribution in [2.45, 2.75) is 31.7 Å². The zero-order chi connectivity index (χ0) is 22.7. The van der Waals surface area contributed by atoms with E-state index in [1.165, 1.54) is 24.4 Å². The van der Waals surface area contributed by atoms with Crippen molar-refractivity contribution in [2.24, 2.45) is 10.9 Å². The first kappa shape index (κ1) is 21.6. The smallest absolute Gasteiger partial charge is 0.255 e. The third-order valence-corrected chi connectivity index (χ3v) is 5.97. The molecule has 2 atom stereocenters. The molecule has 32 heavy (non-hydrogen) atoms. The van der Waals surface area contributed by atoms with Crippen LogP contribution in [0.1, 0.15) is 47.3 Å². The Labute approximate surface area is 185 Å². The molecule has 0 saturated heterocycles. The summed E-state index contributed by atoms with van der Waals surface area (Å²) in [6, 6.07) is 4.27. The summed E-state index contributed by atoms with van der Waals surface area (Å²) >= 11 is 0. The van der Waals surface area contributed by atoms with Gasteiger partial charge in [0.25, 0.3) is 5.91 Å². The maximum Gasteiger partial charge on any atom is 0.255 e. The molecule has 1 fully saturated rings. The maximum absolute atomic E-state index is 13.6. The van der Waals surface area contributed by atoms with Crippen LogP contribution in [0.3, 0.4) is 0 Å². The van der Waals surface area contributed by atoms with Crippen LogP contribution in [0.25, 0.3) is 11.2 Å². The van der Waals surface area contributed by atoms with Gasteiger partial charge in [-0.1, -0.05) is 0 Å². The summed E-state index contributed by atoms with van der Waals surface area (Å²) in [5, 5.41) is 14.6. The van der Waals surface area contributed by atoms with Gasteiger partial charge in [-0.2, -0.15) is 0 Å². The molecule has 1 aliphatic rings. The molecule has 4 rings (SSSR count). The van der Waals surface area contributed by atoms with Gasteiger partial charge < -0.3 is 20.6 Å². The fraction of sp³-hybridized carbons (Fsp3) is 0.348. The number of amides is 1. The Kier molecular flexibility index (Phi) is 6.25. The quantitative estimate of drug-likeness (QED) is 0.405. The fourth-order valence-corrected chi connectivity index (χ4v) is 4.27. The molecule has 2 unspecified atom stereocenters. The van der Waals surface area contributed by atoms with Crippen molar-refractivity contribution < 1.29 is 9.18 Å². The van der Waals surface area contributed by atoms with Gasteiger partial charge in [-0.25, -0.2) is 14.4 Å². The number of aromatic amines is 1. The van der Waals surface area contributed by atoms with Crippen LogP contribution in [0.5, 0.6) is 0 Å². The Morgan fingerprint density at radius 3 is 3.00 bits per heavy atom. The first-order chi connectivity index (χ1) is 15.5. The van der Waals surface area contributed by atoms with Crippen LogP contribution in [0, 0.1) is 17.1 Å². The van der Waals surface area contributed by atoms with E-state index >= 15 is 0 Å². The highest BCUT2D eigenvalue weighted by molar-refractivity contribution is 6.14. The number of aliphatic imine (C=N–C) groups is 1. The zero-order valence-electron chi connectivity index (χ0n) is 17.9. The Morgan fingerprint density at radius 1 is 1.38 bits per heavy atom. The highest BCUT2D eigenvalue weighted by atomic mass is 19.1. The number of aromatic nitrogens is 3. The zero-order valence-corrected chi connectivity index (χ0v) is 17.9. The van der Waals surface area contributed by atoms with E-state index in [2.05, 4.69) is 37.3 Å². The second kappa shape index (κ2) is 9.25. The Morgan fingerprint density at radius 2 is 2.22 bits per heavy atom. The minimum absolute atomic E-state index is 0.0887. The van der Waals surface area contributed by atoms with Crippen molar-refractivity contribution in [2.75, 3.05) is 18.9 Å². The number of nitrogens with zero attached hydrogens (tertiary/aromatic N) is 3. The molecule has 0 spiro atoms. The predicted molar refractivity (Wildman–Crippen MR) is 123 cm³/mol. The highest BCUT2D eigenvalue weighted by Crippen LogP contribution is 2.29. The van der Waals surface area contributed by atoms with Crippen molar-refractivity contribution in [3.8, 4) is 0 Å². The average molecular weight is 436 g/mol. The van der Waals surface area contributed by atoms with Crippen LogP contribution in [0.15, 0.2) is 35.6 Å². The second-order valence-electron chi connectivity index (χ2n) is 8.06. The van der Waals surface area contributed by atoms with E-state index in [9.17, 15) is 9.18 Å². The summed E-state index contributed by atoms with van der Waals surface area (Å²) < 4.78 is 13.6. The second-order valence-corrected chi connectivity index (χ2v) is 8.06. The minimum Gasteiger partial charge on any atom is -0.387 e. The van der Waals surface area contributed by atoms with Gasteiger partial charge in [0.1, 0.15) is 17.0 Å². The summed E-state index contributed by atoms with van der Waals surface area (Å²) in [4.78, 5) is 28.7. The number of carbonyl (C=O) groups is 1. The van der Waals surface area contributed by atoms with Crippen molar-refractivity contribution in [1.29, 1.82) is 5.41 Å². The monoisotopic (exact) mass is 435 g/mol. The first-order valence-corrected chi connectivity index (χ1v) is 10.6. The Bertz CT molecular complexity index is 1170. The van der Waals surface area contributed by atoms with Crippen molar-refractivity contribution >= 4 is 35.2 Å². The molecule has 1 amide bonds. The molecule has 0 bridgehead atoms. The molecule has 0 radical (unpaired) electrons. The Hall–Kier alpha value is -3.62. The van der Waals surface area contributed by atoms with Crippen molar-refractivity contribution in [3.63, 3.8) is 0 Å². The standard InChI is InChI=1S/C23H26FN7O/c1-26-8-7-13-3-5-15(9-13)30-23(32)17-11-28-22-21(17)31-19(12-29-22)20(25)16-6-4-14(24)10-18(16)27-2/h4,6,10-13,15,25,27H,1,3,5,7-9H2,2H3,(H,28,29)(H,30,32). The predicted octanol–water partition coefficient (Wildman–Crippen LogP) is 3.54. The minimum atomic E-state index is -0.396. The summed E-state index contributed by atoms with van der Waals surface area (Å²) in [7, 11) is 1.66. The summed E-state index contributed by atoms with van der Waals surface area (Å²) in [5.41, 5.74) is 2.63. The van der Waals surface area contributed by atoms with E-state index in [0.717, 1.165) is 32.2 Å². The number of nitrogens with one attached hydrogen (secondary N) is 4. The van der Waals surface area contributed by atoms with E-state index in [0.29, 0.717) is 39.6 Å². The van der Waals surface area contributed by atoms with Gasteiger partial charge in [0.2, 0.25) is 0 Å². The average Bonchev–Trinajstić information content (AvgIpc) is 3.43.